The predicted octanol–water partition coefficient (Wildman–Crippen LogP) is 2.94. The van der Waals surface area contributed by atoms with Gasteiger partial charge in [0.15, 0.2) is 0 Å². The fraction of sp³-hybridized carbons (Fsp3) is 0.200. The van der Waals surface area contributed by atoms with Gasteiger partial charge in [0.2, 0.25) is 0 Å². The van der Waals surface area contributed by atoms with Crippen LogP contribution in [-0.4, -0.2) is 6.54 Å². The van der Waals surface area contributed by atoms with Crippen LogP contribution in [0, 0.1) is 25.1 Å². The summed E-state index contributed by atoms with van der Waals surface area (Å²) >= 11 is 3.11. The third-order valence-corrected chi connectivity index (χ3v) is 2.26. The van der Waals surface area contributed by atoms with Crippen molar-refractivity contribution in [3.8, 4) is 12.3 Å². The minimum Gasteiger partial charge on any atom is -0.374 e. The van der Waals surface area contributed by atoms with Gasteiger partial charge >= 0.3 is 0 Å². The topological polar surface area (TPSA) is 12.0 Å². The average Bonchev–Trinajstić information content (AvgIpc) is 2.09. The minimum absolute atomic E-state index is 0.287. The summed E-state index contributed by atoms with van der Waals surface area (Å²) in [6.07, 6.45) is 5.08. The van der Waals surface area contributed by atoms with Gasteiger partial charge in [0.25, 0.3) is 0 Å². The number of nitrogens with one attached hydrogen (secondary N) is 1. The number of halogens is 2. The number of hydrogen-bond acceptors (Lipinski definition) is 1. The normalized spacial score (nSPS) is 9.38. The zero-order valence-corrected chi connectivity index (χ0v) is 8.78. The second-order valence-electron chi connectivity index (χ2n) is 2.64. The Labute approximate surface area is 85.5 Å². The molecule has 0 atom stereocenters. The fourth-order valence-electron chi connectivity index (χ4n) is 0.983. The minimum atomic E-state index is -0.287. The molecule has 0 saturated carbocycles. The number of benzene rings is 1. The van der Waals surface area contributed by atoms with Gasteiger partial charge in [-0.15, -0.1) is 6.42 Å². The van der Waals surface area contributed by atoms with Gasteiger partial charge in [-0.1, -0.05) is 5.92 Å². The van der Waals surface area contributed by atoms with Gasteiger partial charge in [-0.2, -0.15) is 0 Å². The summed E-state index contributed by atoms with van der Waals surface area (Å²) in [5.41, 5.74) is 1.70. The van der Waals surface area contributed by atoms with Crippen LogP contribution in [-0.2, 0) is 0 Å². The molecule has 1 aromatic rings. The van der Waals surface area contributed by atoms with E-state index in [-0.39, 0.29) is 5.82 Å². The van der Waals surface area contributed by atoms with Gasteiger partial charge in [0.1, 0.15) is 5.82 Å². The van der Waals surface area contributed by atoms with Crippen molar-refractivity contribution in [1.82, 2.24) is 0 Å². The van der Waals surface area contributed by atoms with E-state index in [2.05, 4.69) is 27.2 Å². The highest BCUT2D eigenvalue weighted by Gasteiger charge is 2.03. The first kappa shape index (κ1) is 10.1. The van der Waals surface area contributed by atoms with Crippen molar-refractivity contribution >= 4 is 21.6 Å². The molecular weight excluding hydrogens is 233 g/mol. The van der Waals surface area contributed by atoms with Crippen molar-refractivity contribution in [3.63, 3.8) is 0 Å². The Morgan fingerprint density at radius 2 is 2.31 bits per heavy atom. The fourth-order valence-corrected chi connectivity index (χ4v) is 1.44. The molecule has 0 saturated heterocycles. The highest BCUT2D eigenvalue weighted by atomic mass is 79.9. The largest absolute Gasteiger partial charge is 0.374 e. The van der Waals surface area contributed by atoms with E-state index < -0.39 is 0 Å². The van der Waals surface area contributed by atoms with Gasteiger partial charge in [-0.25, -0.2) is 4.39 Å². The van der Waals surface area contributed by atoms with E-state index in [0.29, 0.717) is 11.0 Å². The standard InChI is InChI=1S/C10H9BrFN/c1-3-4-13-10-6-9(12)8(11)5-7(10)2/h1,5-6,13H,4H2,2H3. The Hall–Kier alpha value is -1.01. The third kappa shape index (κ3) is 2.46. The second-order valence-corrected chi connectivity index (χ2v) is 3.49. The Morgan fingerprint density at radius 1 is 1.62 bits per heavy atom. The Balaban J connectivity index is 2.96. The molecule has 0 amide bonds. The monoisotopic (exact) mass is 241 g/mol. The van der Waals surface area contributed by atoms with E-state index in [4.69, 9.17) is 6.42 Å². The summed E-state index contributed by atoms with van der Waals surface area (Å²) in [6, 6.07) is 3.14. The average molecular weight is 242 g/mol. The molecule has 0 aliphatic heterocycles. The molecule has 0 unspecified atom stereocenters. The molecule has 0 aromatic heterocycles. The molecule has 1 aromatic carbocycles. The molecule has 0 radical (unpaired) electrons. The molecule has 0 aliphatic carbocycles. The van der Waals surface area contributed by atoms with E-state index in [1.54, 1.807) is 6.07 Å². The molecule has 0 aliphatic rings. The van der Waals surface area contributed by atoms with Crippen LogP contribution >= 0.6 is 15.9 Å². The van der Waals surface area contributed by atoms with Crippen molar-refractivity contribution in [1.29, 1.82) is 0 Å². The summed E-state index contributed by atoms with van der Waals surface area (Å²) in [6.45, 7) is 2.30. The zero-order chi connectivity index (χ0) is 9.84. The van der Waals surface area contributed by atoms with Gasteiger partial charge in [-0.05, 0) is 40.5 Å². The summed E-state index contributed by atoms with van der Waals surface area (Å²) in [5, 5.41) is 2.93. The quantitative estimate of drug-likeness (QED) is 0.786. The molecule has 0 bridgehead atoms. The first-order valence-electron chi connectivity index (χ1n) is 3.78. The number of rotatable bonds is 2. The van der Waals surface area contributed by atoms with Crippen LogP contribution in [0.3, 0.4) is 0 Å². The van der Waals surface area contributed by atoms with E-state index in [1.165, 1.54) is 6.07 Å². The van der Waals surface area contributed by atoms with Gasteiger partial charge < -0.3 is 5.32 Å². The second kappa shape index (κ2) is 4.29. The number of hydrogen-bond donors (Lipinski definition) is 1. The van der Waals surface area contributed by atoms with E-state index in [0.717, 1.165) is 11.3 Å². The van der Waals surface area contributed by atoms with Crippen molar-refractivity contribution in [2.75, 3.05) is 11.9 Å². The molecule has 0 spiro atoms. The van der Waals surface area contributed by atoms with E-state index >= 15 is 0 Å². The molecule has 1 rings (SSSR count). The number of aryl methyl sites for hydroxylation is 1. The summed E-state index contributed by atoms with van der Waals surface area (Å²) in [5.74, 6) is 2.15. The Bertz CT molecular complexity index is 355. The third-order valence-electron chi connectivity index (χ3n) is 1.65. The zero-order valence-electron chi connectivity index (χ0n) is 7.20. The van der Waals surface area contributed by atoms with Crippen molar-refractivity contribution in [3.05, 3.63) is 28.0 Å². The molecular formula is C10H9BrFN. The highest BCUT2D eigenvalue weighted by Crippen LogP contribution is 2.23. The highest BCUT2D eigenvalue weighted by molar-refractivity contribution is 9.10. The van der Waals surface area contributed by atoms with Gasteiger partial charge in [0.05, 0.1) is 11.0 Å². The summed E-state index contributed by atoms with van der Waals surface area (Å²) in [7, 11) is 0. The smallest absolute Gasteiger partial charge is 0.139 e. The van der Waals surface area contributed by atoms with Crippen LogP contribution < -0.4 is 5.32 Å². The van der Waals surface area contributed by atoms with E-state index in [9.17, 15) is 4.39 Å². The first-order chi connectivity index (χ1) is 6.15. The lowest BCUT2D eigenvalue weighted by molar-refractivity contribution is 0.621. The van der Waals surface area contributed by atoms with Crippen LogP contribution in [0.4, 0.5) is 10.1 Å². The predicted molar refractivity (Wildman–Crippen MR) is 56.2 cm³/mol. The summed E-state index contributed by atoms with van der Waals surface area (Å²) < 4.78 is 13.5. The van der Waals surface area contributed by atoms with Crippen LogP contribution in [0.25, 0.3) is 0 Å². The van der Waals surface area contributed by atoms with Crippen molar-refractivity contribution in [2.24, 2.45) is 0 Å². The molecule has 13 heavy (non-hydrogen) atoms. The van der Waals surface area contributed by atoms with Gasteiger partial charge in [-0.3, -0.25) is 0 Å². The van der Waals surface area contributed by atoms with Gasteiger partial charge in [0, 0.05) is 5.69 Å². The molecule has 1 N–H and O–H groups in total. The van der Waals surface area contributed by atoms with Crippen LogP contribution in [0.2, 0.25) is 0 Å². The summed E-state index contributed by atoms with van der Waals surface area (Å²) in [4.78, 5) is 0. The van der Waals surface area contributed by atoms with Crippen LogP contribution in [0.1, 0.15) is 5.56 Å². The van der Waals surface area contributed by atoms with Crippen LogP contribution in [0.15, 0.2) is 16.6 Å². The SMILES string of the molecule is C#CCNc1cc(F)c(Br)cc1C. The number of anilines is 1. The van der Waals surface area contributed by atoms with Crippen molar-refractivity contribution in [2.45, 2.75) is 6.92 Å². The maximum Gasteiger partial charge on any atom is 0.139 e. The van der Waals surface area contributed by atoms with E-state index in [1.807, 2.05) is 6.92 Å². The first-order valence-corrected chi connectivity index (χ1v) is 4.57. The Morgan fingerprint density at radius 3 is 2.92 bits per heavy atom. The molecule has 0 fully saturated rings. The maximum absolute atomic E-state index is 13.0. The molecule has 3 heteroatoms. The lowest BCUT2D eigenvalue weighted by Crippen LogP contribution is -2.00. The molecule has 1 nitrogen and oxygen atoms in total. The molecule has 0 heterocycles. The maximum atomic E-state index is 13.0. The lowest BCUT2D eigenvalue weighted by atomic mass is 10.2. The lowest BCUT2D eigenvalue weighted by Gasteiger charge is -2.07. The van der Waals surface area contributed by atoms with Crippen molar-refractivity contribution < 1.29 is 4.39 Å². The Kier molecular flexibility index (Phi) is 3.32. The number of terminal acetylenes is 1. The molecule has 68 valence electrons. The van der Waals surface area contributed by atoms with Crippen LogP contribution in [0.5, 0.6) is 0 Å².